The average molecular weight is 781 g/mol. The Morgan fingerprint density at radius 2 is 1.57 bits per heavy atom. The lowest BCUT2D eigenvalue weighted by atomic mass is 9.87. The van der Waals surface area contributed by atoms with Crippen LogP contribution in [0.2, 0.25) is 0 Å². The third-order valence-electron chi connectivity index (χ3n) is 9.21. The monoisotopic (exact) mass is 780 g/mol. The number of primary amides is 1. The number of hydrogen-bond donors (Lipinski definition) is 2. The van der Waals surface area contributed by atoms with Gasteiger partial charge in [0, 0.05) is 50.9 Å². The molecule has 1 aromatic heterocycles. The molecule has 0 saturated heterocycles. The molecule has 0 saturated carbocycles. The van der Waals surface area contributed by atoms with Crippen molar-refractivity contribution in [1.29, 1.82) is 0 Å². The molecule has 1 aliphatic rings. The molecule has 1 aromatic carbocycles. The molecule has 2 heterocycles. The van der Waals surface area contributed by atoms with Gasteiger partial charge in [-0.2, -0.15) is 0 Å². The van der Waals surface area contributed by atoms with E-state index in [0.29, 0.717) is 44.8 Å². The van der Waals surface area contributed by atoms with Crippen molar-refractivity contribution in [3.8, 4) is 0 Å². The lowest BCUT2D eigenvalue weighted by molar-refractivity contribution is -0.154. The number of esters is 1. The number of ether oxygens (including phenoxy) is 3. The second-order valence-electron chi connectivity index (χ2n) is 15.3. The molecule has 16 heteroatoms. The Morgan fingerprint density at radius 3 is 2.18 bits per heavy atom. The summed E-state index contributed by atoms with van der Waals surface area (Å²) in [5.74, 6) is -4.31. The van der Waals surface area contributed by atoms with E-state index in [1.54, 1.807) is 72.2 Å². The number of nitrogens with one attached hydrogen (secondary N) is 1. The summed E-state index contributed by atoms with van der Waals surface area (Å²) in [6.45, 7) is 10.4. The van der Waals surface area contributed by atoms with Gasteiger partial charge < -0.3 is 25.3 Å². The molecule has 3 atom stereocenters. The number of Topliss-reactive ketones (excluding diaryl/α,β-unsaturated/α-hetero) is 2. The SMILES string of the molecule is COCCOCCn1cc([C@H](CC(=O)C[C@H](C(=O)N[C@@H](CCCCC(N)=O)C(=O)Cc2ccc(COC(=O)C(C)(C)C)cc2)C(C)C)N2C(=O)C=CC2=O)nn1. The van der Waals surface area contributed by atoms with Crippen LogP contribution >= 0.6 is 0 Å². The third kappa shape index (κ3) is 14.5. The lowest BCUT2D eigenvalue weighted by Crippen LogP contribution is -2.46. The number of rotatable bonds is 25. The number of methoxy groups -OCH3 is 1. The highest BCUT2D eigenvalue weighted by Gasteiger charge is 2.37. The summed E-state index contributed by atoms with van der Waals surface area (Å²) < 4.78 is 17.3. The first-order chi connectivity index (χ1) is 26.5. The van der Waals surface area contributed by atoms with Gasteiger partial charge in [0.05, 0.1) is 50.1 Å². The maximum absolute atomic E-state index is 13.9. The number of amides is 4. The Bertz CT molecular complexity index is 1690. The van der Waals surface area contributed by atoms with E-state index < -0.39 is 52.8 Å². The summed E-state index contributed by atoms with van der Waals surface area (Å²) >= 11 is 0. The van der Waals surface area contributed by atoms with Gasteiger partial charge in [0.1, 0.15) is 18.1 Å². The molecule has 0 spiro atoms. The van der Waals surface area contributed by atoms with E-state index in [1.807, 2.05) is 0 Å². The molecule has 0 bridgehead atoms. The molecule has 2 aromatic rings. The second-order valence-corrected chi connectivity index (χ2v) is 15.3. The zero-order valence-corrected chi connectivity index (χ0v) is 33.3. The number of carbonyl (C=O) groups excluding carboxylic acids is 7. The number of ketones is 2. The maximum Gasteiger partial charge on any atom is 0.311 e. The summed E-state index contributed by atoms with van der Waals surface area (Å²) in [6.07, 6.45) is 4.51. The van der Waals surface area contributed by atoms with Crippen LogP contribution < -0.4 is 11.1 Å². The number of imide groups is 1. The Hall–Kier alpha value is -5.09. The highest BCUT2D eigenvalue weighted by atomic mass is 16.5. The van der Waals surface area contributed by atoms with E-state index >= 15 is 0 Å². The van der Waals surface area contributed by atoms with Crippen molar-refractivity contribution in [2.75, 3.05) is 26.9 Å². The summed E-state index contributed by atoms with van der Waals surface area (Å²) in [6, 6.07) is 5.09. The summed E-state index contributed by atoms with van der Waals surface area (Å²) in [4.78, 5) is 91.2. The molecule has 3 N–H and O–H groups in total. The van der Waals surface area contributed by atoms with Crippen molar-refractivity contribution in [2.45, 2.75) is 105 Å². The number of nitrogens with zero attached hydrogens (tertiary/aromatic N) is 4. The van der Waals surface area contributed by atoms with Crippen LogP contribution in [0, 0.1) is 17.3 Å². The fourth-order valence-electron chi connectivity index (χ4n) is 5.88. The van der Waals surface area contributed by atoms with Gasteiger partial charge in [0.15, 0.2) is 5.78 Å². The van der Waals surface area contributed by atoms with Crippen LogP contribution in [0.5, 0.6) is 0 Å². The molecule has 56 heavy (non-hydrogen) atoms. The van der Waals surface area contributed by atoms with Gasteiger partial charge >= 0.3 is 5.97 Å². The van der Waals surface area contributed by atoms with Crippen LogP contribution in [0.1, 0.15) is 96.0 Å². The smallest absolute Gasteiger partial charge is 0.311 e. The van der Waals surface area contributed by atoms with Gasteiger partial charge in [-0.25, -0.2) is 4.68 Å². The van der Waals surface area contributed by atoms with Gasteiger partial charge in [-0.15, -0.1) is 5.10 Å². The number of benzene rings is 1. The predicted molar refractivity (Wildman–Crippen MR) is 203 cm³/mol. The van der Waals surface area contributed by atoms with E-state index in [1.165, 1.54) is 4.68 Å². The largest absolute Gasteiger partial charge is 0.460 e. The Labute approximate surface area is 327 Å². The highest BCUT2D eigenvalue weighted by Crippen LogP contribution is 2.29. The summed E-state index contributed by atoms with van der Waals surface area (Å²) in [5.41, 5.74) is 6.34. The molecular formula is C40H56N6O10. The highest BCUT2D eigenvalue weighted by molar-refractivity contribution is 6.13. The lowest BCUT2D eigenvalue weighted by Gasteiger charge is -2.26. The zero-order chi connectivity index (χ0) is 41.4. The van der Waals surface area contributed by atoms with Crippen LogP contribution in [-0.2, 0) is 67.3 Å². The fraction of sp³-hybridized carbons (Fsp3) is 0.575. The normalized spacial score (nSPS) is 14.5. The van der Waals surface area contributed by atoms with Crippen molar-refractivity contribution in [2.24, 2.45) is 23.0 Å². The first-order valence-corrected chi connectivity index (χ1v) is 18.9. The summed E-state index contributed by atoms with van der Waals surface area (Å²) in [7, 11) is 1.57. The van der Waals surface area contributed by atoms with Gasteiger partial charge in [0.2, 0.25) is 11.8 Å². The molecule has 0 fully saturated rings. The van der Waals surface area contributed by atoms with E-state index in [-0.39, 0.29) is 62.1 Å². The molecular weight excluding hydrogens is 724 g/mol. The fourth-order valence-corrected chi connectivity index (χ4v) is 5.88. The van der Waals surface area contributed by atoms with Gasteiger partial charge in [0.25, 0.3) is 11.8 Å². The number of nitrogens with two attached hydrogens (primary N) is 1. The molecule has 1 aliphatic heterocycles. The standard InChI is InChI=1S/C40H56N6O10/c1-26(2)30(22-29(47)23-33(46-36(50)15-16-37(46)51)32-24-45(44-43-32)17-18-55-20-19-54-6)38(52)42-31(9-7-8-10-35(41)49)34(48)21-27-11-13-28(14-12-27)25-56-39(53)40(3,4)5/h11-16,24,26,30-31,33H,7-10,17-23,25H2,1-6H3,(H2,41,49)(H,42,52)/t30-,31-,33-/m0/s1. The third-order valence-corrected chi connectivity index (χ3v) is 9.21. The van der Waals surface area contributed by atoms with Crippen LogP contribution in [0.3, 0.4) is 0 Å². The van der Waals surface area contributed by atoms with E-state index in [2.05, 4.69) is 15.6 Å². The van der Waals surface area contributed by atoms with Gasteiger partial charge in [-0.1, -0.05) is 49.7 Å². The van der Waals surface area contributed by atoms with Crippen molar-refractivity contribution >= 4 is 41.2 Å². The molecule has 306 valence electrons. The van der Waals surface area contributed by atoms with E-state index in [4.69, 9.17) is 19.9 Å². The minimum atomic E-state index is -1.06. The molecule has 3 rings (SSSR count). The number of aromatic nitrogens is 3. The van der Waals surface area contributed by atoms with Crippen molar-refractivity contribution in [3.63, 3.8) is 0 Å². The topological polar surface area (TPSA) is 219 Å². The first kappa shape index (κ1) is 45.3. The Kier molecular flexibility index (Phi) is 17.7. The molecule has 0 unspecified atom stereocenters. The summed E-state index contributed by atoms with van der Waals surface area (Å²) in [5, 5.41) is 11.1. The minimum Gasteiger partial charge on any atom is -0.460 e. The number of hydrogen-bond acceptors (Lipinski definition) is 12. The predicted octanol–water partition coefficient (Wildman–Crippen LogP) is 2.96. The molecule has 0 radical (unpaired) electrons. The van der Waals surface area contributed by atoms with Crippen molar-refractivity contribution in [1.82, 2.24) is 25.2 Å². The average Bonchev–Trinajstić information content (AvgIpc) is 3.74. The molecule has 16 nitrogen and oxygen atoms in total. The first-order valence-electron chi connectivity index (χ1n) is 18.9. The molecule has 0 aliphatic carbocycles. The van der Waals surface area contributed by atoms with Gasteiger partial charge in [-0.3, -0.25) is 38.5 Å². The van der Waals surface area contributed by atoms with Crippen LogP contribution in [0.15, 0.2) is 42.6 Å². The van der Waals surface area contributed by atoms with E-state index in [0.717, 1.165) is 22.6 Å². The minimum absolute atomic E-state index is 0.00166. The van der Waals surface area contributed by atoms with Gasteiger partial charge in [-0.05, 0) is 50.7 Å². The van der Waals surface area contributed by atoms with Crippen LogP contribution in [0.25, 0.3) is 0 Å². The van der Waals surface area contributed by atoms with E-state index in [9.17, 15) is 33.6 Å². The number of unbranched alkanes of at least 4 members (excludes halogenated alkanes) is 1. The van der Waals surface area contributed by atoms with Crippen molar-refractivity contribution in [3.05, 3.63) is 59.4 Å². The zero-order valence-electron chi connectivity index (χ0n) is 33.3. The maximum atomic E-state index is 13.9. The number of carbonyl (C=O) groups is 7. The Balaban J connectivity index is 1.72. The second kappa shape index (κ2) is 21.9. The van der Waals surface area contributed by atoms with Crippen LogP contribution in [0.4, 0.5) is 0 Å². The van der Waals surface area contributed by atoms with Crippen molar-refractivity contribution < 1.29 is 47.8 Å². The Morgan fingerprint density at radius 1 is 0.911 bits per heavy atom. The van der Waals surface area contributed by atoms with Crippen LogP contribution in [-0.4, -0.2) is 94.0 Å². The molecule has 4 amide bonds. The quantitative estimate of drug-likeness (QED) is 0.0844.